The Kier molecular flexibility index (Phi) is 5.71. The Morgan fingerprint density at radius 3 is 2.46 bits per heavy atom. The molecule has 5 nitrogen and oxygen atoms in total. The molecule has 26 heavy (non-hydrogen) atoms. The summed E-state index contributed by atoms with van der Waals surface area (Å²) in [6, 6.07) is 16.4. The van der Waals surface area contributed by atoms with Crippen molar-refractivity contribution in [3.63, 3.8) is 0 Å². The van der Waals surface area contributed by atoms with E-state index in [-0.39, 0.29) is 5.91 Å². The number of aromatic nitrogens is 2. The van der Waals surface area contributed by atoms with E-state index in [4.69, 9.17) is 23.2 Å². The summed E-state index contributed by atoms with van der Waals surface area (Å²) in [4.78, 5) is 22.7. The van der Waals surface area contributed by atoms with Gasteiger partial charge in [-0.1, -0.05) is 53.5 Å². The molecule has 2 aromatic carbocycles. The van der Waals surface area contributed by atoms with Gasteiger partial charge in [0.1, 0.15) is 5.69 Å². The minimum Gasteiger partial charge on any atom is -0.336 e. The van der Waals surface area contributed by atoms with Gasteiger partial charge in [0, 0.05) is 35.5 Å². The summed E-state index contributed by atoms with van der Waals surface area (Å²) < 4.78 is 0. The summed E-state index contributed by atoms with van der Waals surface area (Å²) in [5.74, 6) is 0.103. The molecule has 1 heterocycles. The SMILES string of the molecule is CN(Cc1ccccc1)C(=O)c1ccnc(Nc2cc(Cl)cc(Cl)c2)n1. The first-order chi connectivity index (χ1) is 12.5. The van der Waals surface area contributed by atoms with E-state index in [1.165, 1.54) is 6.20 Å². The van der Waals surface area contributed by atoms with Crippen molar-refractivity contribution in [2.24, 2.45) is 0 Å². The molecule has 3 rings (SSSR count). The van der Waals surface area contributed by atoms with Gasteiger partial charge in [0.05, 0.1) is 0 Å². The van der Waals surface area contributed by atoms with E-state index in [1.54, 1.807) is 36.2 Å². The summed E-state index contributed by atoms with van der Waals surface area (Å²) in [6.07, 6.45) is 1.53. The largest absolute Gasteiger partial charge is 0.336 e. The van der Waals surface area contributed by atoms with Crippen LogP contribution in [0, 0.1) is 0 Å². The van der Waals surface area contributed by atoms with Crippen molar-refractivity contribution in [1.82, 2.24) is 14.9 Å². The molecule has 0 spiro atoms. The van der Waals surface area contributed by atoms with E-state index in [1.807, 2.05) is 30.3 Å². The van der Waals surface area contributed by atoms with Crippen molar-refractivity contribution in [1.29, 1.82) is 0 Å². The van der Waals surface area contributed by atoms with Gasteiger partial charge in [-0.2, -0.15) is 0 Å². The van der Waals surface area contributed by atoms with Gasteiger partial charge < -0.3 is 10.2 Å². The number of carbonyl (C=O) groups is 1. The van der Waals surface area contributed by atoms with E-state index in [0.29, 0.717) is 33.9 Å². The zero-order chi connectivity index (χ0) is 18.5. The lowest BCUT2D eigenvalue weighted by Gasteiger charge is -2.17. The lowest BCUT2D eigenvalue weighted by molar-refractivity contribution is 0.0779. The van der Waals surface area contributed by atoms with Gasteiger partial charge in [-0.3, -0.25) is 4.79 Å². The van der Waals surface area contributed by atoms with Gasteiger partial charge in [-0.05, 0) is 29.8 Å². The molecule has 7 heteroatoms. The van der Waals surface area contributed by atoms with Gasteiger partial charge in [0.15, 0.2) is 0 Å². The van der Waals surface area contributed by atoms with Gasteiger partial charge in [-0.25, -0.2) is 9.97 Å². The molecule has 0 saturated heterocycles. The van der Waals surface area contributed by atoms with Crippen LogP contribution in [-0.2, 0) is 6.54 Å². The predicted octanol–water partition coefficient (Wildman–Crippen LogP) is 4.80. The Hall–Kier alpha value is -2.63. The van der Waals surface area contributed by atoms with Crippen molar-refractivity contribution in [2.45, 2.75) is 6.54 Å². The van der Waals surface area contributed by atoms with E-state index in [0.717, 1.165) is 5.56 Å². The molecule has 0 bridgehead atoms. The topological polar surface area (TPSA) is 58.1 Å². The number of nitrogens with zero attached hydrogens (tertiary/aromatic N) is 3. The van der Waals surface area contributed by atoms with Crippen LogP contribution in [0.4, 0.5) is 11.6 Å². The number of hydrogen-bond acceptors (Lipinski definition) is 4. The highest BCUT2D eigenvalue weighted by molar-refractivity contribution is 6.35. The van der Waals surface area contributed by atoms with Crippen LogP contribution in [0.3, 0.4) is 0 Å². The van der Waals surface area contributed by atoms with Crippen molar-refractivity contribution >= 4 is 40.7 Å². The highest BCUT2D eigenvalue weighted by Gasteiger charge is 2.14. The van der Waals surface area contributed by atoms with Crippen molar-refractivity contribution in [2.75, 3.05) is 12.4 Å². The third-order valence-corrected chi connectivity index (χ3v) is 4.04. The number of carbonyl (C=O) groups excluding carboxylic acids is 1. The molecular formula is C19H16Cl2N4O. The fraction of sp³-hybridized carbons (Fsp3) is 0.105. The Morgan fingerprint density at radius 1 is 1.08 bits per heavy atom. The first-order valence-electron chi connectivity index (χ1n) is 7.87. The molecule has 0 fully saturated rings. The van der Waals surface area contributed by atoms with Gasteiger partial charge >= 0.3 is 0 Å². The summed E-state index contributed by atoms with van der Waals surface area (Å²) in [5, 5.41) is 4.00. The third kappa shape index (κ3) is 4.71. The molecule has 3 aromatic rings. The van der Waals surface area contributed by atoms with Gasteiger partial charge in [0.25, 0.3) is 5.91 Å². The Labute approximate surface area is 161 Å². The molecule has 0 aliphatic carbocycles. The number of halogens is 2. The Morgan fingerprint density at radius 2 is 1.77 bits per heavy atom. The molecule has 0 aliphatic heterocycles. The molecule has 1 aromatic heterocycles. The van der Waals surface area contributed by atoms with E-state index < -0.39 is 0 Å². The van der Waals surface area contributed by atoms with Crippen LogP contribution < -0.4 is 5.32 Å². The number of rotatable bonds is 5. The Balaban J connectivity index is 1.74. The smallest absolute Gasteiger partial charge is 0.272 e. The van der Waals surface area contributed by atoms with E-state index >= 15 is 0 Å². The van der Waals surface area contributed by atoms with E-state index in [2.05, 4.69) is 15.3 Å². The average molecular weight is 387 g/mol. The molecule has 0 atom stereocenters. The maximum atomic E-state index is 12.6. The molecule has 1 amide bonds. The van der Waals surface area contributed by atoms with Crippen LogP contribution in [0.2, 0.25) is 10.0 Å². The molecule has 1 N–H and O–H groups in total. The number of anilines is 2. The monoisotopic (exact) mass is 386 g/mol. The number of nitrogens with one attached hydrogen (secondary N) is 1. The lowest BCUT2D eigenvalue weighted by Crippen LogP contribution is -2.27. The van der Waals surface area contributed by atoms with Crippen LogP contribution in [0.1, 0.15) is 16.1 Å². The molecule has 132 valence electrons. The minimum absolute atomic E-state index is 0.191. The Bertz CT molecular complexity index is 898. The maximum Gasteiger partial charge on any atom is 0.272 e. The highest BCUT2D eigenvalue weighted by atomic mass is 35.5. The summed E-state index contributed by atoms with van der Waals surface area (Å²) in [5.41, 5.74) is 1.99. The van der Waals surface area contributed by atoms with Crippen LogP contribution in [0.25, 0.3) is 0 Å². The number of amides is 1. The summed E-state index contributed by atoms with van der Waals surface area (Å²) in [7, 11) is 1.74. The molecular weight excluding hydrogens is 371 g/mol. The predicted molar refractivity (Wildman–Crippen MR) is 104 cm³/mol. The first kappa shape index (κ1) is 18.2. The van der Waals surface area contributed by atoms with Crippen LogP contribution in [-0.4, -0.2) is 27.8 Å². The quantitative estimate of drug-likeness (QED) is 0.683. The highest BCUT2D eigenvalue weighted by Crippen LogP contribution is 2.24. The average Bonchev–Trinajstić information content (AvgIpc) is 2.61. The lowest BCUT2D eigenvalue weighted by atomic mass is 10.2. The standard InChI is InChI=1S/C19H16Cl2N4O/c1-25(12-13-5-3-2-4-6-13)18(26)17-7-8-22-19(24-17)23-16-10-14(20)9-15(21)11-16/h2-11H,12H2,1H3,(H,22,23,24). The zero-order valence-electron chi connectivity index (χ0n) is 14.0. The van der Waals surface area contributed by atoms with Crippen molar-refractivity contribution in [3.05, 3.63) is 82.1 Å². The zero-order valence-corrected chi connectivity index (χ0v) is 15.5. The molecule has 0 aliphatic rings. The third-order valence-electron chi connectivity index (χ3n) is 3.60. The van der Waals surface area contributed by atoms with Crippen LogP contribution >= 0.6 is 23.2 Å². The number of hydrogen-bond donors (Lipinski definition) is 1. The van der Waals surface area contributed by atoms with Crippen molar-refractivity contribution in [3.8, 4) is 0 Å². The van der Waals surface area contributed by atoms with Gasteiger partial charge in [0.2, 0.25) is 5.95 Å². The normalized spacial score (nSPS) is 10.4. The first-order valence-corrected chi connectivity index (χ1v) is 8.62. The second-order valence-electron chi connectivity index (χ2n) is 5.70. The van der Waals surface area contributed by atoms with Crippen LogP contribution in [0.15, 0.2) is 60.8 Å². The van der Waals surface area contributed by atoms with E-state index in [9.17, 15) is 4.79 Å². The van der Waals surface area contributed by atoms with Gasteiger partial charge in [-0.15, -0.1) is 0 Å². The second-order valence-corrected chi connectivity index (χ2v) is 6.57. The summed E-state index contributed by atoms with van der Waals surface area (Å²) in [6.45, 7) is 0.496. The molecule has 0 radical (unpaired) electrons. The summed E-state index contributed by atoms with van der Waals surface area (Å²) >= 11 is 12.0. The maximum absolute atomic E-state index is 12.6. The minimum atomic E-state index is -0.191. The fourth-order valence-corrected chi connectivity index (χ4v) is 2.94. The molecule has 0 unspecified atom stereocenters. The fourth-order valence-electron chi connectivity index (χ4n) is 2.42. The van der Waals surface area contributed by atoms with Crippen LogP contribution in [0.5, 0.6) is 0 Å². The van der Waals surface area contributed by atoms with Crippen molar-refractivity contribution < 1.29 is 4.79 Å². The number of benzene rings is 2. The molecule has 0 saturated carbocycles. The second kappa shape index (κ2) is 8.17.